The molecular formula is C24H26F4N2O3S. The average molecular weight is 499 g/mol. The third-order valence-corrected chi connectivity index (χ3v) is 8.70. The highest BCUT2D eigenvalue weighted by molar-refractivity contribution is 7.91. The quantitative estimate of drug-likeness (QED) is 0.358. The van der Waals surface area contributed by atoms with Crippen LogP contribution in [-0.2, 0) is 21.1 Å². The maximum Gasteiger partial charge on any atom is 0.224 e. The molecule has 0 aromatic heterocycles. The highest BCUT2D eigenvalue weighted by atomic mass is 32.2. The number of hydrogen-bond acceptors (Lipinski definition) is 4. The summed E-state index contributed by atoms with van der Waals surface area (Å²) in [6, 6.07) is 5.17. The van der Waals surface area contributed by atoms with Crippen molar-refractivity contribution in [1.82, 2.24) is 4.90 Å². The van der Waals surface area contributed by atoms with Crippen LogP contribution in [0.15, 0.2) is 41.3 Å². The number of fused-ring (bicyclic) bond motifs is 2. The molecule has 2 fully saturated rings. The van der Waals surface area contributed by atoms with Crippen molar-refractivity contribution in [3.05, 3.63) is 65.2 Å². The number of carbonyl (C=O) groups is 1. The van der Waals surface area contributed by atoms with Crippen LogP contribution in [0.4, 0.5) is 17.6 Å². The SMILES string of the molecule is N[C@H](Cc1cc(F)c(F)cc1F)[C@@H]1C[C@H]2CC[C@@H](C1)N2C(=O)CCS(=O)(=O)c1ccc(F)cc1. The summed E-state index contributed by atoms with van der Waals surface area (Å²) in [5.74, 6) is -4.41. The fourth-order valence-corrected chi connectivity index (χ4v) is 6.46. The third kappa shape index (κ3) is 5.12. The maximum atomic E-state index is 14.0. The predicted octanol–water partition coefficient (Wildman–Crippen LogP) is 3.75. The van der Waals surface area contributed by atoms with Gasteiger partial charge in [0.05, 0.1) is 10.6 Å². The van der Waals surface area contributed by atoms with Crippen molar-refractivity contribution >= 4 is 15.7 Å². The summed E-state index contributed by atoms with van der Waals surface area (Å²) in [6.07, 6.45) is 2.58. The first-order valence-corrected chi connectivity index (χ1v) is 12.9. The van der Waals surface area contributed by atoms with Crippen LogP contribution < -0.4 is 5.73 Å². The van der Waals surface area contributed by atoms with E-state index in [1.54, 1.807) is 4.90 Å². The molecule has 2 heterocycles. The van der Waals surface area contributed by atoms with E-state index in [0.29, 0.717) is 18.9 Å². The number of hydrogen-bond donors (Lipinski definition) is 1. The number of benzene rings is 2. The molecule has 1 amide bonds. The summed E-state index contributed by atoms with van der Waals surface area (Å²) in [4.78, 5) is 14.6. The molecule has 0 spiro atoms. The first kappa shape index (κ1) is 24.7. The highest BCUT2D eigenvalue weighted by Gasteiger charge is 2.44. The Hall–Kier alpha value is -2.46. The fourth-order valence-electron chi connectivity index (χ4n) is 5.23. The molecule has 34 heavy (non-hydrogen) atoms. The van der Waals surface area contributed by atoms with Crippen LogP contribution in [0.5, 0.6) is 0 Å². The lowest BCUT2D eigenvalue weighted by molar-refractivity contribution is -0.136. The number of rotatable bonds is 7. The Morgan fingerprint density at radius 1 is 0.971 bits per heavy atom. The Bertz CT molecular complexity index is 1160. The zero-order chi connectivity index (χ0) is 24.6. The summed E-state index contributed by atoms with van der Waals surface area (Å²) in [5, 5.41) is 0. The van der Waals surface area contributed by atoms with E-state index in [2.05, 4.69) is 0 Å². The smallest absolute Gasteiger partial charge is 0.224 e. The van der Waals surface area contributed by atoms with E-state index in [-0.39, 0.29) is 53.0 Å². The summed E-state index contributed by atoms with van der Waals surface area (Å²) < 4.78 is 78.8. The number of sulfone groups is 1. The van der Waals surface area contributed by atoms with E-state index >= 15 is 0 Å². The van der Waals surface area contributed by atoms with Crippen LogP contribution in [-0.4, -0.2) is 43.1 Å². The molecule has 184 valence electrons. The van der Waals surface area contributed by atoms with Crippen molar-refractivity contribution in [2.45, 2.75) is 61.5 Å². The van der Waals surface area contributed by atoms with Gasteiger partial charge in [0.15, 0.2) is 21.5 Å². The second-order valence-electron chi connectivity index (χ2n) is 9.17. The lowest BCUT2D eigenvalue weighted by atomic mass is 9.82. The minimum absolute atomic E-state index is 0.0169. The van der Waals surface area contributed by atoms with Crippen LogP contribution in [0, 0.1) is 29.2 Å². The number of nitrogens with two attached hydrogens (primary N) is 1. The fraction of sp³-hybridized carbons (Fsp3) is 0.458. The largest absolute Gasteiger partial charge is 0.337 e. The summed E-state index contributed by atoms with van der Waals surface area (Å²) in [5.41, 5.74) is 6.33. The summed E-state index contributed by atoms with van der Waals surface area (Å²) in [7, 11) is -3.72. The topological polar surface area (TPSA) is 80.5 Å². The molecular weight excluding hydrogens is 472 g/mol. The molecule has 4 atom stereocenters. The Labute approximate surface area is 195 Å². The molecule has 2 bridgehead atoms. The normalized spacial score (nSPS) is 23.2. The van der Waals surface area contributed by atoms with Crippen molar-refractivity contribution in [2.75, 3.05) is 5.75 Å². The van der Waals surface area contributed by atoms with Gasteiger partial charge in [-0.1, -0.05) is 0 Å². The van der Waals surface area contributed by atoms with E-state index in [1.165, 1.54) is 12.1 Å². The minimum atomic E-state index is -3.72. The van der Waals surface area contributed by atoms with Crippen molar-refractivity contribution < 1.29 is 30.8 Å². The number of halogens is 4. The molecule has 4 rings (SSSR count). The number of carbonyl (C=O) groups excluding carboxylic acids is 1. The molecule has 0 saturated carbocycles. The number of piperidine rings is 1. The van der Waals surface area contributed by atoms with E-state index < -0.39 is 39.1 Å². The van der Waals surface area contributed by atoms with E-state index in [0.717, 1.165) is 31.0 Å². The van der Waals surface area contributed by atoms with Crippen LogP contribution >= 0.6 is 0 Å². The maximum absolute atomic E-state index is 14.0. The molecule has 0 aliphatic carbocycles. The van der Waals surface area contributed by atoms with Crippen molar-refractivity contribution in [3.63, 3.8) is 0 Å². The van der Waals surface area contributed by atoms with Gasteiger partial charge in [0, 0.05) is 30.6 Å². The molecule has 5 nitrogen and oxygen atoms in total. The molecule has 2 aromatic carbocycles. The Morgan fingerprint density at radius 3 is 2.18 bits per heavy atom. The lowest BCUT2D eigenvalue weighted by Gasteiger charge is -2.41. The second kappa shape index (κ2) is 9.65. The third-order valence-electron chi connectivity index (χ3n) is 6.97. The van der Waals surface area contributed by atoms with Gasteiger partial charge in [0.1, 0.15) is 11.6 Å². The minimum Gasteiger partial charge on any atom is -0.337 e. The van der Waals surface area contributed by atoms with Crippen LogP contribution in [0.3, 0.4) is 0 Å². The van der Waals surface area contributed by atoms with E-state index in [1.807, 2.05) is 0 Å². The van der Waals surface area contributed by atoms with Crippen molar-refractivity contribution in [1.29, 1.82) is 0 Å². The average Bonchev–Trinajstić information content (AvgIpc) is 3.05. The Morgan fingerprint density at radius 2 is 1.56 bits per heavy atom. The lowest BCUT2D eigenvalue weighted by Crippen LogP contribution is -2.50. The van der Waals surface area contributed by atoms with Gasteiger partial charge >= 0.3 is 0 Å². The molecule has 0 radical (unpaired) electrons. The Kier molecular flexibility index (Phi) is 7.00. The van der Waals surface area contributed by atoms with Gasteiger partial charge in [-0.2, -0.15) is 0 Å². The number of amides is 1. The zero-order valence-corrected chi connectivity index (χ0v) is 19.2. The monoisotopic (exact) mass is 498 g/mol. The van der Waals surface area contributed by atoms with Crippen molar-refractivity contribution in [3.8, 4) is 0 Å². The molecule has 2 aromatic rings. The highest BCUT2D eigenvalue weighted by Crippen LogP contribution is 2.40. The molecule has 0 unspecified atom stereocenters. The van der Waals surface area contributed by atoms with E-state index in [4.69, 9.17) is 5.73 Å². The van der Waals surface area contributed by atoms with Crippen LogP contribution in [0.25, 0.3) is 0 Å². The van der Waals surface area contributed by atoms with E-state index in [9.17, 15) is 30.8 Å². The van der Waals surface area contributed by atoms with Gasteiger partial charge in [-0.15, -0.1) is 0 Å². The predicted molar refractivity (Wildman–Crippen MR) is 117 cm³/mol. The van der Waals surface area contributed by atoms with Crippen molar-refractivity contribution in [2.24, 2.45) is 11.7 Å². The molecule has 2 N–H and O–H groups in total. The first-order valence-electron chi connectivity index (χ1n) is 11.2. The van der Waals surface area contributed by atoms with Gasteiger partial charge in [-0.3, -0.25) is 4.79 Å². The summed E-state index contributed by atoms with van der Waals surface area (Å²) >= 11 is 0. The van der Waals surface area contributed by atoms with Crippen LogP contribution in [0.1, 0.15) is 37.7 Å². The number of nitrogens with zero attached hydrogens (tertiary/aromatic N) is 1. The zero-order valence-electron chi connectivity index (χ0n) is 18.4. The summed E-state index contributed by atoms with van der Waals surface area (Å²) in [6.45, 7) is 0. The van der Waals surface area contributed by atoms with Gasteiger partial charge in [0.25, 0.3) is 0 Å². The van der Waals surface area contributed by atoms with Gasteiger partial charge in [-0.25, -0.2) is 26.0 Å². The first-order chi connectivity index (χ1) is 16.0. The van der Waals surface area contributed by atoms with Gasteiger partial charge < -0.3 is 10.6 Å². The second-order valence-corrected chi connectivity index (χ2v) is 11.3. The Balaban J connectivity index is 1.36. The molecule has 10 heteroatoms. The van der Waals surface area contributed by atoms with Gasteiger partial charge in [-0.05, 0) is 73.9 Å². The molecule has 2 aliphatic rings. The molecule has 2 saturated heterocycles. The molecule has 2 aliphatic heterocycles. The standard InChI is InChI=1S/C24H26F4N2O3S/c25-16-1-5-19(6-2-16)34(32,33)8-7-24(31)30-17-3-4-18(30)10-15(9-17)23(29)12-14-11-21(27)22(28)13-20(14)26/h1-2,5-6,11,13,15,17-18,23H,3-4,7-10,12,29H2/t15-,17-,18+,23-/m1/s1. The van der Waals surface area contributed by atoms with Gasteiger partial charge in [0.2, 0.25) is 5.91 Å². The van der Waals surface area contributed by atoms with Crippen LogP contribution in [0.2, 0.25) is 0 Å².